The van der Waals surface area contributed by atoms with Crippen molar-refractivity contribution in [1.82, 2.24) is 15.2 Å². The van der Waals surface area contributed by atoms with Crippen molar-refractivity contribution in [2.45, 2.75) is 46.5 Å². The summed E-state index contributed by atoms with van der Waals surface area (Å²) in [7, 11) is 0. The molecule has 4 aromatic rings. The summed E-state index contributed by atoms with van der Waals surface area (Å²) in [5.74, 6) is 2.10. The van der Waals surface area contributed by atoms with Gasteiger partial charge in [-0.05, 0) is 68.9 Å². The summed E-state index contributed by atoms with van der Waals surface area (Å²) >= 11 is 3.16. The van der Waals surface area contributed by atoms with Crippen LogP contribution in [-0.4, -0.2) is 28.4 Å². The number of benzene rings is 2. The molecule has 0 amide bonds. The number of aromatic nitrogens is 3. The van der Waals surface area contributed by atoms with Crippen molar-refractivity contribution in [2.24, 2.45) is 5.92 Å². The van der Waals surface area contributed by atoms with E-state index in [-0.39, 0.29) is 0 Å². The van der Waals surface area contributed by atoms with Crippen LogP contribution < -0.4 is 15.2 Å². The van der Waals surface area contributed by atoms with Crippen LogP contribution in [0.15, 0.2) is 48.6 Å². The number of thiazole rings is 1. The molecule has 0 bridgehead atoms. The Morgan fingerprint density at radius 2 is 1.89 bits per heavy atom. The normalized spacial score (nSPS) is 12.1. The number of hydrogen-bond donors (Lipinski definition) is 1. The van der Waals surface area contributed by atoms with Crippen LogP contribution >= 0.6 is 22.7 Å². The molecule has 0 aliphatic carbocycles. The molecule has 8 heteroatoms. The highest BCUT2D eigenvalue weighted by Gasteiger charge is 2.15. The van der Waals surface area contributed by atoms with E-state index in [4.69, 9.17) is 15.2 Å². The van der Waals surface area contributed by atoms with Crippen molar-refractivity contribution in [2.75, 3.05) is 18.9 Å². The minimum Gasteiger partial charge on any atom is -0.494 e. The third-order valence-electron chi connectivity index (χ3n) is 5.67. The number of hydrogen-bond acceptors (Lipinski definition) is 8. The van der Waals surface area contributed by atoms with Crippen LogP contribution in [0.3, 0.4) is 0 Å². The maximum absolute atomic E-state index is 5.84. The third-order valence-corrected chi connectivity index (χ3v) is 7.54. The van der Waals surface area contributed by atoms with E-state index < -0.39 is 0 Å². The maximum Gasteiger partial charge on any atom is 0.181 e. The Morgan fingerprint density at radius 1 is 1.06 bits per heavy atom. The molecule has 0 radical (unpaired) electrons. The van der Waals surface area contributed by atoms with Crippen LogP contribution in [-0.2, 0) is 12.8 Å². The number of fused-ring (bicyclic) bond motifs is 1. The van der Waals surface area contributed by atoms with Gasteiger partial charge in [0.25, 0.3) is 0 Å². The number of aryl methyl sites for hydroxylation is 1. The highest BCUT2D eigenvalue weighted by atomic mass is 32.1. The van der Waals surface area contributed by atoms with E-state index in [1.807, 2.05) is 38.1 Å². The molecular weight excluding hydrogens is 476 g/mol. The number of nitrogens with two attached hydrogens (primary N) is 1. The molecule has 0 saturated heterocycles. The molecule has 2 heterocycles. The van der Waals surface area contributed by atoms with E-state index >= 15 is 0 Å². The quantitative estimate of drug-likeness (QED) is 0.208. The Labute approximate surface area is 214 Å². The van der Waals surface area contributed by atoms with Gasteiger partial charge in [0.05, 0.1) is 29.0 Å². The molecule has 0 aliphatic heterocycles. The Balaban J connectivity index is 1.32. The fourth-order valence-corrected chi connectivity index (χ4v) is 5.78. The van der Waals surface area contributed by atoms with Gasteiger partial charge in [0.1, 0.15) is 16.5 Å². The molecule has 2 aromatic carbocycles. The third kappa shape index (κ3) is 6.58. The van der Waals surface area contributed by atoms with Crippen molar-refractivity contribution in [3.05, 3.63) is 59.1 Å². The van der Waals surface area contributed by atoms with E-state index in [0.717, 1.165) is 63.0 Å². The topological polar surface area (TPSA) is 83.2 Å². The standard InChI is InChI=1S/C27H32N4O2S2/c1-5-32-20-9-10-21(23(16-20)33-6-2)26-31-30-25(35-26)12-7-17(3)13-18(4)14-19-8-11-22-24(15-19)34-27(28)29-22/h8-11,15-17H,4-7,12-14H2,1-3H3,(H2,28,29). The molecule has 6 nitrogen and oxygen atoms in total. The molecule has 0 fully saturated rings. The summed E-state index contributed by atoms with van der Waals surface area (Å²) in [5, 5.41) is 11.4. The second-order valence-corrected chi connectivity index (χ2v) is 10.8. The average Bonchev–Trinajstić information content (AvgIpc) is 3.43. The van der Waals surface area contributed by atoms with Gasteiger partial charge in [-0.2, -0.15) is 0 Å². The molecule has 4 rings (SSSR count). The fourth-order valence-electron chi connectivity index (χ4n) is 4.10. The van der Waals surface area contributed by atoms with Crippen molar-refractivity contribution in [3.8, 4) is 22.1 Å². The molecule has 1 atom stereocenters. The highest BCUT2D eigenvalue weighted by Crippen LogP contribution is 2.36. The summed E-state index contributed by atoms with van der Waals surface area (Å²) in [6.45, 7) is 11.8. The van der Waals surface area contributed by atoms with Crippen LogP contribution in [0.2, 0.25) is 0 Å². The molecule has 0 saturated carbocycles. The summed E-state index contributed by atoms with van der Waals surface area (Å²) in [5.41, 5.74) is 10.2. The number of ether oxygens (including phenoxy) is 2. The molecule has 184 valence electrons. The lowest BCUT2D eigenvalue weighted by Crippen LogP contribution is -2.01. The van der Waals surface area contributed by atoms with Gasteiger partial charge in [0.15, 0.2) is 10.1 Å². The van der Waals surface area contributed by atoms with E-state index in [0.29, 0.717) is 24.3 Å². The van der Waals surface area contributed by atoms with E-state index in [1.54, 1.807) is 11.3 Å². The Bertz CT molecular complexity index is 1300. The van der Waals surface area contributed by atoms with Crippen molar-refractivity contribution >= 4 is 38.0 Å². The zero-order valence-electron chi connectivity index (χ0n) is 20.5. The molecule has 2 N–H and O–H groups in total. The van der Waals surface area contributed by atoms with Gasteiger partial charge in [0, 0.05) is 12.5 Å². The number of nitrogen functional groups attached to an aromatic ring is 1. The van der Waals surface area contributed by atoms with Gasteiger partial charge in [-0.25, -0.2) is 4.98 Å². The van der Waals surface area contributed by atoms with Crippen molar-refractivity contribution in [3.63, 3.8) is 0 Å². The van der Waals surface area contributed by atoms with Crippen molar-refractivity contribution < 1.29 is 9.47 Å². The van der Waals surface area contributed by atoms with Crippen LogP contribution in [0.4, 0.5) is 5.13 Å². The Kier molecular flexibility index (Phi) is 8.36. The lowest BCUT2D eigenvalue weighted by Gasteiger charge is -2.13. The predicted octanol–water partition coefficient (Wildman–Crippen LogP) is 6.95. The fraction of sp³-hybridized carbons (Fsp3) is 0.370. The molecule has 0 spiro atoms. The average molecular weight is 509 g/mol. The first-order valence-electron chi connectivity index (χ1n) is 12.0. The molecule has 2 aromatic heterocycles. The van der Waals surface area contributed by atoms with Crippen LogP contribution in [0.1, 0.15) is 44.2 Å². The minimum absolute atomic E-state index is 0.516. The van der Waals surface area contributed by atoms with Crippen LogP contribution in [0, 0.1) is 5.92 Å². The number of allylic oxidation sites excluding steroid dienone is 1. The molecule has 35 heavy (non-hydrogen) atoms. The van der Waals surface area contributed by atoms with Gasteiger partial charge in [0.2, 0.25) is 0 Å². The molecular formula is C27H32N4O2S2. The van der Waals surface area contributed by atoms with E-state index in [1.165, 1.54) is 22.5 Å². The van der Waals surface area contributed by atoms with Gasteiger partial charge >= 0.3 is 0 Å². The van der Waals surface area contributed by atoms with Crippen LogP contribution in [0.5, 0.6) is 11.5 Å². The first kappa shape index (κ1) is 25.1. The second-order valence-electron chi connectivity index (χ2n) is 8.65. The SMILES string of the molecule is C=C(Cc1ccc2nc(N)sc2c1)CC(C)CCc1nnc(-c2ccc(OCC)cc2OCC)s1. The first-order chi connectivity index (χ1) is 16.9. The Hall–Kier alpha value is -2.97. The van der Waals surface area contributed by atoms with Crippen molar-refractivity contribution in [1.29, 1.82) is 0 Å². The highest BCUT2D eigenvalue weighted by molar-refractivity contribution is 7.22. The summed E-state index contributed by atoms with van der Waals surface area (Å²) in [4.78, 5) is 4.33. The second kappa shape index (κ2) is 11.6. The maximum atomic E-state index is 5.84. The van der Waals surface area contributed by atoms with Gasteiger partial charge in [-0.15, -0.1) is 10.2 Å². The van der Waals surface area contributed by atoms with Crippen LogP contribution in [0.25, 0.3) is 20.8 Å². The lowest BCUT2D eigenvalue weighted by atomic mass is 9.94. The van der Waals surface area contributed by atoms with Gasteiger partial charge in [-0.3, -0.25) is 0 Å². The summed E-state index contributed by atoms with van der Waals surface area (Å²) < 4.78 is 12.6. The van der Waals surface area contributed by atoms with Gasteiger partial charge < -0.3 is 15.2 Å². The van der Waals surface area contributed by atoms with E-state index in [2.05, 4.69) is 40.8 Å². The monoisotopic (exact) mass is 508 g/mol. The number of rotatable bonds is 12. The molecule has 1 unspecified atom stereocenters. The molecule has 0 aliphatic rings. The summed E-state index contributed by atoms with van der Waals surface area (Å²) in [6, 6.07) is 12.2. The number of nitrogens with zero attached hydrogens (tertiary/aromatic N) is 3. The first-order valence-corrected chi connectivity index (χ1v) is 13.6. The minimum atomic E-state index is 0.516. The lowest BCUT2D eigenvalue weighted by molar-refractivity contribution is 0.324. The Morgan fingerprint density at radius 3 is 2.69 bits per heavy atom. The summed E-state index contributed by atoms with van der Waals surface area (Å²) in [6.07, 6.45) is 3.81. The number of anilines is 1. The van der Waals surface area contributed by atoms with Gasteiger partial charge in [-0.1, -0.05) is 47.8 Å². The largest absolute Gasteiger partial charge is 0.494 e. The predicted molar refractivity (Wildman–Crippen MR) is 147 cm³/mol. The smallest absolute Gasteiger partial charge is 0.181 e. The zero-order valence-corrected chi connectivity index (χ0v) is 22.2. The zero-order chi connectivity index (χ0) is 24.8. The van der Waals surface area contributed by atoms with E-state index in [9.17, 15) is 0 Å².